The standard InChI is InChI=1S/C20H19FN4O4/c1-12-19(28)24(20(29)25(12)16-9-5-14(21)6-10-16)11-17(26)23-15-7-3-13(4-8-15)18(27)22-2/h3-10,12H,11H2,1-2H3,(H,22,27)(H,23,26)/t12-/m1/s1. The molecule has 29 heavy (non-hydrogen) atoms. The lowest BCUT2D eigenvalue weighted by Gasteiger charge is -2.19. The van der Waals surface area contributed by atoms with Gasteiger partial charge in [0, 0.05) is 24.0 Å². The summed E-state index contributed by atoms with van der Waals surface area (Å²) in [7, 11) is 1.51. The number of nitrogens with one attached hydrogen (secondary N) is 2. The molecule has 1 aliphatic heterocycles. The second-order valence-electron chi connectivity index (χ2n) is 6.43. The van der Waals surface area contributed by atoms with E-state index in [-0.39, 0.29) is 5.91 Å². The summed E-state index contributed by atoms with van der Waals surface area (Å²) in [5, 5.41) is 5.08. The number of halogens is 1. The minimum atomic E-state index is -0.812. The van der Waals surface area contributed by atoms with Crippen LogP contribution in [0.1, 0.15) is 17.3 Å². The number of urea groups is 1. The highest BCUT2D eigenvalue weighted by Crippen LogP contribution is 2.26. The molecule has 8 nitrogen and oxygen atoms in total. The maximum atomic E-state index is 13.1. The van der Waals surface area contributed by atoms with Crippen molar-refractivity contribution < 1.29 is 23.6 Å². The van der Waals surface area contributed by atoms with E-state index < -0.39 is 36.2 Å². The average molecular weight is 398 g/mol. The van der Waals surface area contributed by atoms with Gasteiger partial charge < -0.3 is 10.6 Å². The maximum Gasteiger partial charge on any atom is 0.332 e. The Bertz CT molecular complexity index is 959. The Morgan fingerprint density at radius 3 is 2.24 bits per heavy atom. The summed E-state index contributed by atoms with van der Waals surface area (Å²) < 4.78 is 13.1. The van der Waals surface area contributed by atoms with E-state index in [0.717, 1.165) is 4.90 Å². The molecule has 9 heteroatoms. The Morgan fingerprint density at radius 2 is 1.66 bits per heavy atom. The van der Waals surface area contributed by atoms with Gasteiger partial charge in [-0.1, -0.05) is 0 Å². The SMILES string of the molecule is CNC(=O)c1ccc(NC(=O)CN2C(=O)[C@@H](C)N(c3ccc(F)cc3)C2=O)cc1. The van der Waals surface area contributed by atoms with Crippen molar-refractivity contribution in [2.75, 3.05) is 23.8 Å². The summed E-state index contributed by atoms with van der Waals surface area (Å²) in [4.78, 5) is 51.1. The molecule has 1 fully saturated rings. The molecular formula is C20H19FN4O4. The van der Waals surface area contributed by atoms with Crippen LogP contribution in [0, 0.1) is 5.82 Å². The molecule has 2 aromatic rings. The Balaban J connectivity index is 1.68. The zero-order chi connectivity index (χ0) is 21.1. The highest BCUT2D eigenvalue weighted by Gasteiger charge is 2.44. The first kappa shape index (κ1) is 20.0. The lowest BCUT2D eigenvalue weighted by molar-refractivity contribution is -0.130. The second kappa shape index (κ2) is 8.09. The van der Waals surface area contributed by atoms with Crippen molar-refractivity contribution in [3.63, 3.8) is 0 Å². The molecule has 150 valence electrons. The van der Waals surface area contributed by atoms with Gasteiger partial charge in [-0.05, 0) is 55.5 Å². The van der Waals surface area contributed by atoms with Gasteiger partial charge in [0.05, 0.1) is 0 Å². The summed E-state index contributed by atoms with van der Waals surface area (Å²) in [5.74, 6) is -1.80. The van der Waals surface area contributed by atoms with E-state index >= 15 is 0 Å². The third kappa shape index (κ3) is 4.08. The van der Waals surface area contributed by atoms with E-state index in [9.17, 15) is 23.6 Å². The van der Waals surface area contributed by atoms with Gasteiger partial charge in [-0.15, -0.1) is 0 Å². The number of hydrogen-bond donors (Lipinski definition) is 2. The maximum absolute atomic E-state index is 13.1. The third-order valence-electron chi connectivity index (χ3n) is 4.51. The number of imide groups is 1. The van der Waals surface area contributed by atoms with E-state index in [0.29, 0.717) is 16.9 Å². The van der Waals surface area contributed by atoms with Crippen molar-refractivity contribution in [1.29, 1.82) is 0 Å². The minimum Gasteiger partial charge on any atom is -0.355 e. The summed E-state index contributed by atoms with van der Waals surface area (Å²) in [5.41, 5.74) is 1.22. The minimum absolute atomic E-state index is 0.258. The first-order valence-electron chi connectivity index (χ1n) is 8.84. The van der Waals surface area contributed by atoms with Crippen LogP contribution in [0.2, 0.25) is 0 Å². The van der Waals surface area contributed by atoms with E-state index in [1.165, 1.54) is 36.2 Å². The predicted octanol–water partition coefficient (Wildman–Crippen LogP) is 1.98. The molecule has 2 aromatic carbocycles. The fourth-order valence-corrected chi connectivity index (χ4v) is 3.00. The van der Waals surface area contributed by atoms with Crippen LogP contribution in [0.3, 0.4) is 0 Å². The topological polar surface area (TPSA) is 98.8 Å². The predicted molar refractivity (Wildman–Crippen MR) is 104 cm³/mol. The van der Waals surface area contributed by atoms with Crippen LogP contribution in [-0.4, -0.2) is 48.3 Å². The summed E-state index contributed by atoms with van der Waals surface area (Å²) in [6.07, 6.45) is 0. The van der Waals surface area contributed by atoms with E-state index in [2.05, 4.69) is 10.6 Å². The number of amides is 5. The van der Waals surface area contributed by atoms with Crippen LogP contribution in [0.5, 0.6) is 0 Å². The second-order valence-corrected chi connectivity index (χ2v) is 6.43. The van der Waals surface area contributed by atoms with E-state index in [1.54, 1.807) is 31.2 Å². The molecule has 1 atom stereocenters. The molecule has 1 aliphatic rings. The number of carbonyl (C=O) groups is 4. The Hall–Kier alpha value is -3.75. The lowest BCUT2D eigenvalue weighted by Crippen LogP contribution is -2.39. The zero-order valence-electron chi connectivity index (χ0n) is 15.8. The van der Waals surface area contributed by atoms with Gasteiger partial charge in [0.1, 0.15) is 18.4 Å². The summed E-state index contributed by atoms with van der Waals surface area (Å²) in [6.45, 7) is 1.08. The van der Waals surface area contributed by atoms with Gasteiger partial charge in [-0.2, -0.15) is 0 Å². The van der Waals surface area contributed by atoms with Gasteiger partial charge in [0.2, 0.25) is 5.91 Å². The van der Waals surface area contributed by atoms with Crippen molar-refractivity contribution >= 4 is 35.1 Å². The van der Waals surface area contributed by atoms with Crippen molar-refractivity contribution in [2.24, 2.45) is 0 Å². The highest BCUT2D eigenvalue weighted by molar-refractivity contribution is 6.16. The highest BCUT2D eigenvalue weighted by atomic mass is 19.1. The molecule has 0 unspecified atom stereocenters. The molecule has 1 heterocycles. The number of benzene rings is 2. The molecule has 0 saturated carbocycles. The number of rotatable bonds is 5. The zero-order valence-corrected chi connectivity index (χ0v) is 15.8. The van der Waals surface area contributed by atoms with Crippen molar-refractivity contribution in [1.82, 2.24) is 10.2 Å². The molecule has 2 N–H and O–H groups in total. The van der Waals surface area contributed by atoms with E-state index in [1.807, 2.05) is 0 Å². The van der Waals surface area contributed by atoms with Crippen molar-refractivity contribution in [3.8, 4) is 0 Å². The normalized spacial score (nSPS) is 16.2. The van der Waals surface area contributed by atoms with Gasteiger partial charge in [-0.3, -0.25) is 24.2 Å². The molecule has 5 amide bonds. The molecule has 0 radical (unpaired) electrons. The van der Waals surface area contributed by atoms with E-state index in [4.69, 9.17) is 0 Å². The molecule has 0 bridgehead atoms. The summed E-state index contributed by atoms with van der Waals surface area (Å²) >= 11 is 0. The van der Waals surface area contributed by atoms with Crippen LogP contribution in [0.25, 0.3) is 0 Å². The smallest absolute Gasteiger partial charge is 0.332 e. The van der Waals surface area contributed by atoms with Crippen LogP contribution in [-0.2, 0) is 9.59 Å². The Kier molecular flexibility index (Phi) is 5.58. The molecule has 0 spiro atoms. The van der Waals surface area contributed by atoms with Crippen molar-refractivity contribution in [3.05, 3.63) is 59.9 Å². The molecule has 0 aliphatic carbocycles. The fourth-order valence-electron chi connectivity index (χ4n) is 3.00. The molecule has 1 saturated heterocycles. The van der Waals surface area contributed by atoms with Crippen LogP contribution < -0.4 is 15.5 Å². The number of carbonyl (C=O) groups excluding carboxylic acids is 4. The molecule has 3 rings (SSSR count). The molecular weight excluding hydrogens is 379 g/mol. The number of hydrogen-bond acceptors (Lipinski definition) is 4. The van der Waals surface area contributed by atoms with Crippen LogP contribution in [0.15, 0.2) is 48.5 Å². The van der Waals surface area contributed by atoms with Gasteiger partial charge in [0.25, 0.3) is 11.8 Å². The monoisotopic (exact) mass is 398 g/mol. The van der Waals surface area contributed by atoms with Gasteiger partial charge >= 0.3 is 6.03 Å². The first-order chi connectivity index (χ1) is 13.8. The van der Waals surface area contributed by atoms with Gasteiger partial charge in [0.15, 0.2) is 0 Å². The summed E-state index contributed by atoms with van der Waals surface area (Å²) in [6, 6.07) is 9.88. The number of anilines is 2. The largest absolute Gasteiger partial charge is 0.355 e. The van der Waals surface area contributed by atoms with Crippen molar-refractivity contribution in [2.45, 2.75) is 13.0 Å². The quantitative estimate of drug-likeness (QED) is 0.753. The van der Waals surface area contributed by atoms with Crippen LogP contribution in [0.4, 0.5) is 20.6 Å². The third-order valence-corrected chi connectivity index (χ3v) is 4.51. The van der Waals surface area contributed by atoms with Crippen LogP contribution >= 0.6 is 0 Å². The molecule has 0 aromatic heterocycles. The van der Waals surface area contributed by atoms with Gasteiger partial charge in [-0.25, -0.2) is 9.18 Å². The lowest BCUT2D eigenvalue weighted by atomic mass is 10.2. The Morgan fingerprint density at radius 1 is 1.03 bits per heavy atom. The number of nitrogens with zero attached hydrogens (tertiary/aromatic N) is 2. The fraction of sp³-hybridized carbons (Fsp3) is 0.200. The Labute approximate surface area is 166 Å². The first-order valence-corrected chi connectivity index (χ1v) is 8.84. The average Bonchev–Trinajstić information content (AvgIpc) is 2.92.